The third-order valence-electron chi connectivity index (χ3n) is 2.45. The summed E-state index contributed by atoms with van der Waals surface area (Å²) in [4.78, 5) is 8.93. The highest BCUT2D eigenvalue weighted by molar-refractivity contribution is 5.25. The van der Waals surface area contributed by atoms with Crippen molar-refractivity contribution in [1.82, 2.24) is 0 Å². The summed E-state index contributed by atoms with van der Waals surface area (Å²) in [6.07, 6.45) is -3.02. The van der Waals surface area contributed by atoms with Crippen LogP contribution in [-0.2, 0) is 9.78 Å². The fourth-order valence-corrected chi connectivity index (χ4v) is 1.45. The monoisotopic (exact) mass is 190 g/mol. The van der Waals surface area contributed by atoms with E-state index in [1.54, 1.807) is 0 Å². The van der Waals surface area contributed by atoms with Crippen LogP contribution >= 0.6 is 0 Å². The Morgan fingerprint density at radius 2 is 1.92 bits per heavy atom. The van der Waals surface area contributed by atoms with Crippen LogP contribution in [0.1, 0.15) is 6.92 Å². The molecule has 0 spiro atoms. The minimum Gasteiger partial charge on any atom is -0.506 e. The highest BCUT2D eigenvalue weighted by atomic mass is 17.3. The van der Waals surface area contributed by atoms with Gasteiger partial charge in [-0.15, -0.1) is 0 Å². The molecule has 1 saturated heterocycles. The molecule has 0 saturated carbocycles. The van der Waals surface area contributed by atoms with Crippen molar-refractivity contribution in [1.29, 1.82) is 0 Å². The van der Waals surface area contributed by atoms with E-state index in [9.17, 15) is 20.4 Å². The Hall–Kier alpha value is -0.820. The number of rotatable bonds is 0. The first kappa shape index (κ1) is 8.76. The van der Waals surface area contributed by atoms with Crippen LogP contribution in [0.15, 0.2) is 11.5 Å². The van der Waals surface area contributed by atoms with Crippen LogP contribution in [0.3, 0.4) is 0 Å². The first-order valence-corrected chi connectivity index (χ1v) is 3.81. The number of fused-ring (bicyclic) bond motifs is 1. The van der Waals surface area contributed by atoms with Gasteiger partial charge >= 0.3 is 0 Å². The largest absolute Gasteiger partial charge is 0.506 e. The molecule has 0 aromatic carbocycles. The first-order valence-electron chi connectivity index (χ1n) is 3.81. The van der Waals surface area contributed by atoms with Crippen molar-refractivity contribution in [2.45, 2.75) is 30.8 Å². The topological polar surface area (TPSA) is 99.4 Å². The van der Waals surface area contributed by atoms with E-state index in [0.29, 0.717) is 0 Å². The van der Waals surface area contributed by atoms with Crippen LogP contribution in [0, 0.1) is 0 Å². The molecule has 74 valence electrons. The minimum absolute atomic E-state index is 0.494. The molecule has 6 heteroatoms. The second-order valence-electron chi connectivity index (χ2n) is 3.40. The Morgan fingerprint density at radius 1 is 1.31 bits per heavy atom. The fraction of sp³-hybridized carbons (Fsp3) is 0.714. The predicted octanol–water partition coefficient (Wildman–Crippen LogP) is -0.862. The molecule has 3 unspecified atom stereocenters. The zero-order valence-corrected chi connectivity index (χ0v) is 6.84. The summed E-state index contributed by atoms with van der Waals surface area (Å²) in [6.45, 7) is 1.18. The summed E-state index contributed by atoms with van der Waals surface area (Å²) in [5, 5.41) is 37.6. The summed E-state index contributed by atoms with van der Waals surface area (Å²) in [7, 11) is 0. The van der Waals surface area contributed by atoms with Crippen molar-refractivity contribution in [2.75, 3.05) is 0 Å². The molecular weight excluding hydrogens is 180 g/mol. The van der Waals surface area contributed by atoms with Gasteiger partial charge in [-0.1, -0.05) is 0 Å². The highest BCUT2D eigenvalue weighted by Gasteiger charge is 2.57. The van der Waals surface area contributed by atoms with Gasteiger partial charge in [0.2, 0.25) is 0 Å². The molecule has 4 atom stereocenters. The van der Waals surface area contributed by atoms with Crippen molar-refractivity contribution in [3.63, 3.8) is 0 Å². The maximum Gasteiger partial charge on any atom is 0.185 e. The summed E-state index contributed by atoms with van der Waals surface area (Å²) < 4.78 is 0. The molecule has 0 amide bonds. The average Bonchev–Trinajstić information content (AvgIpc) is 1.98. The maximum atomic E-state index is 9.55. The molecule has 1 aliphatic carbocycles. The van der Waals surface area contributed by atoms with Gasteiger partial charge in [0, 0.05) is 0 Å². The van der Waals surface area contributed by atoms with Crippen molar-refractivity contribution < 1.29 is 30.2 Å². The van der Waals surface area contributed by atoms with E-state index >= 15 is 0 Å². The molecule has 2 aliphatic rings. The lowest BCUT2D eigenvalue weighted by atomic mass is 9.82. The Kier molecular flexibility index (Phi) is 1.59. The average molecular weight is 190 g/mol. The number of hydrogen-bond donors (Lipinski definition) is 4. The van der Waals surface area contributed by atoms with Gasteiger partial charge in [-0.25, -0.2) is 9.78 Å². The van der Waals surface area contributed by atoms with Gasteiger partial charge < -0.3 is 20.4 Å². The molecule has 0 aromatic rings. The molecule has 1 heterocycles. The Bertz CT molecular complexity index is 270. The van der Waals surface area contributed by atoms with Crippen LogP contribution in [0.4, 0.5) is 0 Å². The third-order valence-corrected chi connectivity index (χ3v) is 2.45. The lowest BCUT2D eigenvalue weighted by molar-refractivity contribution is -0.482. The molecule has 1 aliphatic heterocycles. The minimum atomic E-state index is -1.89. The molecule has 4 N–H and O–H groups in total. The number of aliphatic hydroxyl groups excluding tert-OH is 3. The molecule has 0 radical (unpaired) electrons. The van der Waals surface area contributed by atoms with Crippen LogP contribution in [0.25, 0.3) is 0 Å². The second-order valence-corrected chi connectivity index (χ2v) is 3.40. The molecular formula is C7H10O6. The Morgan fingerprint density at radius 3 is 2.38 bits per heavy atom. The van der Waals surface area contributed by atoms with Crippen molar-refractivity contribution in [3.05, 3.63) is 11.5 Å². The molecule has 2 rings (SSSR count). The number of aliphatic hydroxyl groups is 4. The SMILES string of the molecule is CC1(O)C(O)=C(O)[C@@H]2OOC2C1O. The van der Waals surface area contributed by atoms with Crippen LogP contribution in [-0.4, -0.2) is 44.3 Å². The van der Waals surface area contributed by atoms with Crippen LogP contribution in [0.2, 0.25) is 0 Å². The van der Waals surface area contributed by atoms with Crippen LogP contribution in [0.5, 0.6) is 0 Å². The van der Waals surface area contributed by atoms with Gasteiger partial charge in [-0.05, 0) is 6.92 Å². The van der Waals surface area contributed by atoms with Gasteiger partial charge in [0.1, 0.15) is 6.10 Å². The van der Waals surface area contributed by atoms with Gasteiger partial charge in [0.05, 0.1) is 0 Å². The Labute approximate surface area is 73.6 Å². The smallest absolute Gasteiger partial charge is 0.185 e. The quantitative estimate of drug-likeness (QED) is 0.371. The number of hydrogen-bond acceptors (Lipinski definition) is 6. The highest BCUT2D eigenvalue weighted by Crippen LogP contribution is 2.39. The van der Waals surface area contributed by atoms with Crippen molar-refractivity contribution in [3.8, 4) is 0 Å². The third kappa shape index (κ3) is 0.910. The van der Waals surface area contributed by atoms with Gasteiger partial charge in [-0.3, -0.25) is 0 Å². The van der Waals surface area contributed by atoms with Crippen molar-refractivity contribution >= 4 is 0 Å². The molecule has 6 nitrogen and oxygen atoms in total. The maximum absolute atomic E-state index is 9.55. The van der Waals surface area contributed by atoms with Gasteiger partial charge in [-0.2, -0.15) is 0 Å². The normalized spacial score (nSPS) is 49.9. The standard InChI is InChI=1S/C7H10O6/c1-7(11)5(9)2(8)3-4(6(7)10)13-12-3/h3-4,6,8-11H,1H3/t3-,4?,6?,7?/m0/s1. The van der Waals surface area contributed by atoms with E-state index in [2.05, 4.69) is 9.78 Å². The van der Waals surface area contributed by atoms with E-state index in [1.807, 2.05) is 0 Å². The Balaban J connectivity index is 2.42. The van der Waals surface area contributed by atoms with E-state index in [0.717, 1.165) is 0 Å². The second kappa shape index (κ2) is 2.36. The molecule has 13 heavy (non-hydrogen) atoms. The molecule has 1 fully saturated rings. The molecule has 0 bridgehead atoms. The predicted molar refractivity (Wildman–Crippen MR) is 38.7 cm³/mol. The van der Waals surface area contributed by atoms with E-state index < -0.39 is 35.4 Å². The lowest BCUT2D eigenvalue weighted by Gasteiger charge is -2.45. The van der Waals surface area contributed by atoms with Gasteiger partial charge in [0.15, 0.2) is 29.3 Å². The zero-order chi connectivity index (χ0) is 9.80. The summed E-state index contributed by atoms with van der Waals surface area (Å²) >= 11 is 0. The van der Waals surface area contributed by atoms with E-state index in [4.69, 9.17) is 0 Å². The lowest BCUT2D eigenvalue weighted by Crippen LogP contribution is -2.63. The van der Waals surface area contributed by atoms with E-state index in [-0.39, 0.29) is 0 Å². The molecule has 0 aromatic heterocycles. The van der Waals surface area contributed by atoms with Gasteiger partial charge in [0.25, 0.3) is 0 Å². The summed E-state index contributed by atoms with van der Waals surface area (Å²) in [5.41, 5.74) is -1.89. The fourth-order valence-electron chi connectivity index (χ4n) is 1.45. The zero-order valence-electron chi connectivity index (χ0n) is 6.84. The van der Waals surface area contributed by atoms with Crippen LogP contribution < -0.4 is 0 Å². The van der Waals surface area contributed by atoms with Crippen molar-refractivity contribution in [2.24, 2.45) is 0 Å². The summed E-state index contributed by atoms with van der Waals surface area (Å²) in [5.74, 6) is -1.17. The summed E-state index contributed by atoms with van der Waals surface area (Å²) in [6, 6.07) is 0. The van der Waals surface area contributed by atoms with E-state index in [1.165, 1.54) is 6.92 Å². The first-order chi connectivity index (χ1) is 5.96.